The lowest BCUT2D eigenvalue weighted by atomic mass is 10.4. The molecule has 19 heavy (non-hydrogen) atoms. The van der Waals surface area contributed by atoms with E-state index in [4.69, 9.17) is 16.9 Å². The molecule has 0 aliphatic carbocycles. The van der Waals surface area contributed by atoms with Crippen molar-refractivity contribution >= 4 is 22.6 Å². The second-order valence-corrected chi connectivity index (χ2v) is 4.28. The van der Waals surface area contributed by atoms with Crippen LogP contribution in [0.4, 0.5) is 0 Å². The predicted molar refractivity (Wildman–Crippen MR) is 67.4 cm³/mol. The molecule has 0 aliphatic rings. The molecule has 0 radical (unpaired) electrons. The largest absolute Gasteiger partial charge is 0.315 e. The summed E-state index contributed by atoms with van der Waals surface area (Å²) in [6, 6.07) is 2.00. The Balaban J connectivity index is 2.06. The summed E-state index contributed by atoms with van der Waals surface area (Å²) in [6.45, 7) is 0.337. The van der Waals surface area contributed by atoms with Crippen LogP contribution in [0.15, 0.2) is 18.6 Å². The van der Waals surface area contributed by atoms with Gasteiger partial charge in [-0.25, -0.2) is 15.0 Å². The van der Waals surface area contributed by atoms with E-state index >= 15 is 0 Å². The number of hydrogen-bond donors (Lipinski definition) is 0. The molecule has 0 spiro atoms. The van der Waals surface area contributed by atoms with E-state index in [-0.39, 0.29) is 0 Å². The summed E-state index contributed by atoms with van der Waals surface area (Å²) in [5.41, 5.74) is 0.661. The molecule has 0 amide bonds. The van der Waals surface area contributed by atoms with E-state index in [0.717, 1.165) is 0 Å². The lowest BCUT2D eigenvalue weighted by molar-refractivity contribution is 0.726. The molecule has 94 valence electrons. The van der Waals surface area contributed by atoms with Gasteiger partial charge in [0.2, 0.25) is 5.82 Å². The average Bonchev–Trinajstić information content (AvgIpc) is 2.97. The Labute approximate surface area is 113 Å². The Morgan fingerprint density at radius 2 is 2.26 bits per heavy atom. The predicted octanol–water partition coefficient (Wildman–Crippen LogP) is 1.13. The molecule has 0 bridgehead atoms. The number of nitriles is 1. The number of aryl methyl sites for hydroxylation is 1. The minimum Gasteiger partial charge on any atom is -0.315 e. The molecule has 0 aromatic carbocycles. The number of fused-ring (bicyclic) bond motifs is 1. The van der Waals surface area contributed by atoms with Crippen molar-refractivity contribution in [1.29, 1.82) is 5.26 Å². The highest BCUT2D eigenvalue weighted by atomic mass is 35.5. The fourth-order valence-corrected chi connectivity index (χ4v) is 2.03. The quantitative estimate of drug-likeness (QED) is 0.654. The Bertz CT molecular complexity index is 795. The van der Waals surface area contributed by atoms with Gasteiger partial charge in [-0.05, 0) is 0 Å². The number of imidazole rings is 1. The van der Waals surface area contributed by atoms with Crippen molar-refractivity contribution in [3.63, 3.8) is 0 Å². The number of nitrogens with zero attached hydrogens (tertiary/aromatic N) is 7. The summed E-state index contributed by atoms with van der Waals surface area (Å²) >= 11 is 6.10. The van der Waals surface area contributed by atoms with Crippen molar-refractivity contribution in [3.8, 4) is 6.07 Å². The van der Waals surface area contributed by atoms with Crippen molar-refractivity contribution in [3.05, 3.63) is 35.4 Å². The SMILES string of the molecule is Cn1ncc2c(Cl)nc(Cn3ccnc3C#N)nc21. The first-order chi connectivity index (χ1) is 9.19. The van der Waals surface area contributed by atoms with Crippen LogP contribution in [0.25, 0.3) is 11.0 Å². The normalized spacial score (nSPS) is 10.8. The number of rotatable bonds is 2. The molecule has 0 unspecified atom stereocenters. The van der Waals surface area contributed by atoms with Crippen LogP contribution in [0.3, 0.4) is 0 Å². The van der Waals surface area contributed by atoms with Crippen LogP contribution in [0.1, 0.15) is 11.6 Å². The van der Waals surface area contributed by atoms with Gasteiger partial charge in [0.15, 0.2) is 11.5 Å². The fourth-order valence-electron chi connectivity index (χ4n) is 1.80. The van der Waals surface area contributed by atoms with Crippen LogP contribution in [-0.4, -0.2) is 29.3 Å². The Morgan fingerprint density at radius 1 is 1.42 bits per heavy atom. The van der Waals surface area contributed by atoms with Crippen molar-refractivity contribution in [2.75, 3.05) is 0 Å². The molecule has 0 atom stereocenters. The summed E-state index contributed by atoms with van der Waals surface area (Å²) in [7, 11) is 1.79. The maximum Gasteiger partial charge on any atom is 0.213 e. The maximum atomic E-state index is 8.91. The topological polar surface area (TPSA) is 85.2 Å². The van der Waals surface area contributed by atoms with Crippen molar-refractivity contribution in [2.24, 2.45) is 7.05 Å². The fraction of sp³-hybridized carbons (Fsp3) is 0.182. The van der Waals surface area contributed by atoms with E-state index in [1.165, 1.54) is 0 Å². The molecular weight excluding hydrogens is 266 g/mol. The van der Waals surface area contributed by atoms with E-state index in [0.29, 0.717) is 34.4 Å². The smallest absolute Gasteiger partial charge is 0.213 e. The van der Waals surface area contributed by atoms with Gasteiger partial charge in [0.25, 0.3) is 0 Å². The molecule has 0 aliphatic heterocycles. The maximum absolute atomic E-state index is 8.91. The van der Waals surface area contributed by atoms with E-state index in [2.05, 4.69) is 20.1 Å². The van der Waals surface area contributed by atoms with Gasteiger partial charge in [-0.2, -0.15) is 10.4 Å². The molecule has 0 N–H and O–H groups in total. The van der Waals surface area contributed by atoms with Gasteiger partial charge in [-0.1, -0.05) is 11.6 Å². The number of halogens is 1. The molecule has 3 rings (SSSR count). The summed E-state index contributed by atoms with van der Waals surface area (Å²) in [4.78, 5) is 12.5. The zero-order valence-corrected chi connectivity index (χ0v) is 10.7. The number of aromatic nitrogens is 6. The highest BCUT2D eigenvalue weighted by Gasteiger charge is 2.11. The van der Waals surface area contributed by atoms with E-state index in [1.54, 1.807) is 34.9 Å². The zero-order chi connectivity index (χ0) is 13.4. The second-order valence-electron chi connectivity index (χ2n) is 3.93. The van der Waals surface area contributed by atoms with Crippen LogP contribution in [0.5, 0.6) is 0 Å². The molecule has 3 heterocycles. The summed E-state index contributed by atoms with van der Waals surface area (Å²) in [6.07, 6.45) is 4.88. The molecule has 0 fully saturated rings. The minimum atomic E-state index is 0.310. The van der Waals surface area contributed by atoms with Gasteiger partial charge in [0, 0.05) is 19.4 Å². The molecular formula is C11H8ClN7. The van der Waals surface area contributed by atoms with Gasteiger partial charge >= 0.3 is 0 Å². The van der Waals surface area contributed by atoms with Crippen LogP contribution in [0, 0.1) is 11.3 Å². The van der Waals surface area contributed by atoms with Gasteiger partial charge in [0.05, 0.1) is 18.1 Å². The van der Waals surface area contributed by atoms with Gasteiger partial charge in [-0.15, -0.1) is 0 Å². The summed E-state index contributed by atoms with van der Waals surface area (Å²) < 4.78 is 3.29. The summed E-state index contributed by atoms with van der Waals surface area (Å²) in [5, 5.41) is 14.1. The van der Waals surface area contributed by atoms with Crippen molar-refractivity contribution in [2.45, 2.75) is 6.54 Å². The minimum absolute atomic E-state index is 0.310. The van der Waals surface area contributed by atoms with Gasteiger partial charge in [-0.3, -0.25) is 4.68 Å². The lowest BCUT2D eigenvalue weighted by Gasteiger charge is -2.04. The van der Waals surface area contributed by atoms with Crippen molar-refractivity contribution in [1.82, 2.24) is 29.3 Å². The zero-order valence-electron chi connectivity index (χ0n) is 9.95. The van der Waals surface area contributed by atoms with Crippen LogP contribution in [-0.2, 0) is 13.6 Å². The molecule has 8 heteroatoms. The third-order valence-electron chi connectivity index (χ3n) is 2.72. The Hall–Kier alpha value is -2.46. The Kier molecular flexibility index (Phi) is 2.65. The third kappa shape index (κ3) is 1.92. The number of hydrogen-bond acceptors (Lipinski definition) is 5. The van der Waals surface area contributed by atoms with Crippen molar-refractivity contribution < 1.29 is 0 Å². The second kappa shape index (κ2) is 4.33. The van der Waals surface area contributed by atoms with E-state index < -0.39 is 0 Å². The standard InChI is InChI=1S/C11H8ClN7/c1-18-11-7(5-15-18)10(12)16-8(17-11)6-19-3-2-14-9(19)4-13/h2-3,5H,6H2,1H3. The third-order valence-corrected chi connectivity index (χ3v) is 3.01. The molecule has 3 aromatic rings. The molecule has 0 saturated carbocycles. The summed E-state index contributed by atoms with van der Waals surface area (Å²) in [5.74, 6) is 0.820. The Morgan fingerprint density at radius 3 is 3.05 bits per heavy atom. The lowest BCUT2D eigenvalue weighted by Crippen LogP contribution is -2.07. The first-order valence-corrected chi connectivity index (χ1v) is 5.82. The molecule has 0 saturated heterocycles. The van der Waals surface area contributed by atoms with Crippen LogP contribution in [0.2, 0.25) is 5.15 Å². The van der Waals surface area contributed by atoms with Crippen LogP contribution >= 0.6 is 11.6 Å². The monoisotopic (exact) mass is 273 g/mol. The van der Waals surface area contributed by atoms with Gasteiger partial charge in [0.1, 0.15) is 11.2 Å². The first kappa shape index (κ1) is 11.6. The molecule has 3 aromatic heterocycles. The van der Waals surface area contributed by atoms with Gasteiger partial charge < -0.3 is 4.57 Å². The average molecular weight is 274 g/mol. The molecule has 7 nitrogen and oxygen atoms in total. The van der Waals surface area contributed by atoms with E-state index in [1.807, 2.05) is 6.07 Å². The highest BCUT2D eigenvalue weighted by Crippen LogP contribution is 2.19. The van der Waals surface area contributed by atoms with E-state index in [9.17, 15) is 0 Å². The highest BCUT2D eigenvalue weighted by molar-refractivity contribution is 6.33. The van der Waals surface area contributed by atoms with Crippen LogP contribution < -0.4 is 0 Å². The first-order valence-electron chi connectivity index (χ1n) is 5.44.